The highest BCUT2D eigenvalue weighted by molar-refractivity contribution is 7.84. The molecular weight excluding hydrogens is 504 g/mol. The standard InChI is InChI=1S/C23H24N6O5S2/c24-36(32,33)34-10-15-6-16(7-20(15)30)28-23-17(8-25-12-26-23)22(31)21-5-14(11-35-21)9-29-13-27-18-3-1-2-4-19(18)29/h1-5,8,11-13,15-16,20,30H,6-7,9-10H2,(H2,24,32,33)(H,25,26,28)/t15-,16-,20+/m1/s1. The summed E-state index contributed by atoms with van der Waals surface area (Å²) in [7, 11) is -4.09. The number of imidazole rings is 1. The number of carbonyl (C=O) groups excluding carboxylic acids is 1. The smallest absolute Gasteiger partial charge is 0.333 e. The lowest BCUT2D eigenvalue weighted by Crippen LogP contribution is -2.24. The van der Waals surface area contributed by atoms with Gasteiger partial charge in [-0.25, -0.2) is 20.1 Å². The molecule has 0 unspecified atom stereocenters. The van der Waals surface area contributed by atoms with Crippen LogP contribution in [0.5, 0.6) is 0 Å². The number of thiophene rings is 1. The number of nitrogens with two attached hydrogens (primary N) is 1. The van der Waals surface area contributed by atoms with Gasteiger partial charge in [-0.05, 0) is 42.0 Å². The predicted molar refractivity (Wildman–Crippen MR) is 134 cm³/mol. The van der Waals surface area contributed by atoms with Crippen LogP contribution in [0.4, 0.5) is 5.82 Å². The summed E-state index contributed by atoms with van der Waals surface area (Å²) in [5.74, 6) is -0.269. The molecule has 4 aromatic rings. The van der Waals surface area contributed by atoms with Gasteiger partial charge in [0.1, 0.15) is 12.1 Å². The van der Waals surface area contributed by atoms with Crippen molar-refractivity contribution in [1.29, 1.82) is 0 Å². The van der Waals surface area contributed by atoms with Gasteiger partial charge in [0.05, 0.1) is 40.5 Å². The van der Waals surface area contributed by atoms with Gasteiger partial charge in [-0.2, -0.15) is 8.42 Å². The van der Waals surface area contributed by atoms with Gasteiger partial charge in [0, 0.05) is 24.7 Å². The summed E-state index contributed by atoms with van der Waals surface area (Å²) >= 11 is 1.35. The van der Waals surface area contributed by atoms with Crippen LogP contribution in [0, 0.1) is 5.92 Å². The van der Waals surface area contributed by atoms with E-state index in [1.165, 1.54) is 23.9 Å². The van der Waals surface area contributed by atoms with Gasteiger partial charge >= 0.3 is 10.3 Å². The van der Waals surface area contributed by atoms with E-state index in [0.717, 1.165) is 16.6 Å². The summed E-state index contributed by atoms with van der Waals surface area (Å²) in [6.07, 6.45) is 4.59. The van der Waals surface area contributed by atoms with E-state index in [0.29, 0.717) is 35.6 Å². The van der Waals surface area contributed by atoms with Crippen LogP contribution in [0.3, 0.4) is 0 Å². The maximum atomic E-state index is 13.3. The summed E-state index contributed by atoms with van der Waals surface area (Å²) < 4.78 is 28.8. The number of nitrogens with one attached hydrogen (secondary N) is 1. The van der Waals surface area contributed by atoms with E-state index in [9.17, 15) is 18.3 Å². The van der Waals surface area contributed by atoms with Crippen molar-refractivity contribution in [1.82, 2.24) is 19.5 Å². The number of hydrogen-bond acceptors (Lipinski definition) is 10. The molecule has 11 nitrogen and oxygen atoms in total. The number of rotatable bonds is 9. The summed E-state index contributed by atoms with van der Waals surface area (Å²) in [6, 6.07) is 9.50. The zero-order chi connectivity index (χ0) is 25.3. The Kier molecular flexibility index (Phi) is 6.81. The highest BCUT2D eigenvalue weighted by Crippen LogP contribution is 2.30. The van der Waals surface area contributed by atoms with Gasteiger partial charge in [0.15, 0.2) is 0 Å². The SMILES string of the molecule is NS(=O)(=O)OC[C@H]1C[C@@H](Nc2ncncc2C(=O)c2cc(Cn3cnc4ccccc43)cs2)C[C@@H]1O. The van der Waals surface area contributed by atoms with Gasteiger partial charge in [-0.15, -0.1) is 11.3 Å². The lowest BCUT2D eigenvalue weighted by Gasteiger charge is -2.15. The van der Waals surface area contributed by atoms with Crippen molar-refractivity contribution >= 4 is 44.3 Å². The molecule has 1 saturated carbocycles. The molecule has 0 saturated heterocycles. The largest absolute Gasteiger partial charge is 0.393 e. The molecule has 36 heavy (non-hydrogen) atoms. The topological polar surface area (TPSA) is 162 Å². The molecule has 188 valence electrons. The minimum Gasteiger partial charge on any atom is -0.393 e. The molecule has 0 spiro atoms. The zero-order valence-corrected chi connectivity index (χ0v) is 20.7. The van der Waals surface area contributed by atoms with E-state index in [2.05, 4.69) is 24.5 Å². The lowest BCUT2D eigenvalue weighted by molar-refractivity contribution is 0.101. The third-order valence-electron chi connectivity index (χ3n) is 6.16. The van der Waals surface area contributed by atoms with E-state index in [-0.39, 0.29) is 18.4 Å². The van der Waals surface area contributed by atoms with E-state index in [1.54, 1.807) is 6.33 Å². The minimum atomic E-state index is -4.09. The van der Waals surface area contributed by atoms with Crippen molar-refractivity contribution in [3.8, 4) is 0 Å². The Morgan fingerprint density at radius 3 is 2.94 bits per heavy atom. The molecule has 5 rings (SSSR count). The van der Waals surface area contributed by atoms with Crippen LogP contribution in [-0.2, 0) is 21.0 Å². The Morgan fingerprint density at radius 2 is 2.11 bits per heavy atom. The van der Waals surface area contributed by atoms with Crippen LogP contribution in [0.2, 0.25) is 0 Å². The van der Waals surface area contributed by atoms with Crippen molar-refractivity contribution in [3.63, 3.8) is 0 Å². The summed E-state index contributed by atoms with van der Waals surface area (Å²) in [4.78, 5) is 26.6. The Hall–Kier alpha value is -3.23. The monoisotopic (exact) mass is 528 g/mol. The van der Waals surface area contributed by atoms with E-state index >= 15 is 0 Å². The molecule has 1 aliphatic carbocycles. The molecule has 4 N–H and O–H groups in total. The number of anilines is 1. The predicted octanol–water partition coefficient (Wildman–Crippen LogP) is 1.94. The van der Waals surface area contributed by atoms with Crippen molar-refractivity contribution in [3.05, 3.63) is 70.6 Å². The highest BCUT2D eigenvalue weighted by atomic mass is 32.2. The third kappa shape index (κ3) is 5.44. The molecule has 1 aromatic carbocycles. The zero-order valence-electron chi connectivity index (χ0n) is 19.0. The molecule has 3 aromatic heterocycles. The Labute approximate surface area is 211 Å². The normalized spacial score (nSPS) is 20.1. The maximum Gasteiger partial charge on any atom is 0.333 e. The summed E-state index contributed by atoms with van der Waals surface area (Å²) in [5.41, 5.74) is 3.23. The number of nitrogens with zero attached hydrogens (tertiary/aromatic N) is 4. The summed E-state index contributed by atoms with van der Waals surface area (Å²) in [5, 5.41) is 20.3. The van der Waals surface area contributed by atoms with Gasteiger partial charge in [0.25, 0.3) is 0 Å². The van der Waals surface area contributed by atoms with Crippen LogP contribution < -0.4 is 10.5 Å². The fourth-order valence-corrected chi connectivity index (χ4v) is 5.65. The van der Waals surface area contributed by atoms with E-state index < -0.39 is 22.3 Å². The number of ketones is 1. The van der Waals surface area contributed by atoms with Gasteiger partial charge in [0.2, 0.25) is 5.78 Å². The van der Waals surface area contributed by atoms with Gasteiger partial charge < -0.3 is 15.0 Å². The average Bonchev–Trinajstić information content (AvgIpc) is 3.57. The first kappa shape index (κ1) is 24.5. The molecule has 3 heterocycles. The van der Waals surface area contributed by atoms with Crippen LogP contribution in [0.1, 0.15) is 33.6 Å². The Bertz CT molecular complexity index is 1500. The second-order valence-electron chi connectivity index (χ2n) is 8.71. The maximum absolute atomic E-state index is 13.3. The lowest BCUT2D eigenvalue weighted by atomic mass is 10.1. The van der Waals surface area contributed by atoms with Gasteiger partial charge in [-0.1, -0.05) is 12.1 Å². The van der Waals surface area contributed by atoms with Crippen molar-refractivity contribution in [2.45, 2.75) is 31.5 Å². The molecule has 0 amide bonds. The molecule has 0 bridgehead atoms. The van der Waals surface area contributed by atoms with Crippen molar-refractivity contribution in [2.24, 2.45) is 11.1 Å². The van der Waals surface area contributed by atoms with Crippen LogP contribution in [0.25, 0.3) is 11.0 Å². The number of carbonyl (C=O) groups is 1. The Balaban J connectivity index is 1.28. The third-order valence-corrected chi connectivity index (χ3v) is 7.60. The average molecular weight is 529 g/mol. The number of benzene rings is 1. The number of aromatic nitrogens is 4. The Morgan fingerprint density at radius 1 is 1.28 bits per heavy atom. The highest BCUT2D eigenvalue weighted by Gasteiger charge is 2.34. The number of para-hydroxylation sites is 2. The second kappa shape index (κ2) is 10.0. The fourth-order valence-electron chi connectivity index (χ4n) is 4.43. The number of aliphatic hydroxyl groups excluding tert-OH is 1. The molecule has 1 aliphatic rings. The van der Waals surface area contributed by atoms with Crippen LogP contribution in [-0.4, -0.2) is 57.6 Å². The summed E-state index contributed by atoms with van der Waals surface area (Å²) in [6.45, 7) is 0.376. The molecule has 0 aliphatic heterocycles. The van der Waals surface area contributed by atoms with E-state index in [1.807, 2.05) is 40.3 Å². The minimum absolute atomic E-state index is 0.210. The molecular formula is C23H24N6O5S2. The molecule has 3 atom stereocenters. The first-order valence-corrected chi connectivity index (χ1v) is 13.6. The first-order valence-electron chi connectivity index (χ1n) is 11.2. The van der Waals surface area contributed by atoms with Gasteiger partial charge in [-0.3, -0.25) is 8.98 Å². The fraction of sp³-hybridized carbons (Fsp3) is 0.304. The molecule has 0 radical (unpaired) electrons. The molecule has 1 fully saturated rings. The van der Waals surface area contributed by atoms with Crippen molar-refractivity contribution in [2.75, 3.05) is 11.9 Å². The quantitative estimate of drug-likeness (QED) is 0.276. The number of aliphatic hydroxyl groups is 1. The number of fused-ring (bicyclic) bond motifs is 1. The molecule has 13 heteroatoms. The second-order valence-corrected chi connectivity index (χ2v) is 10.8. The first-order chi connectivity index (χ1) is 17.3. The van der Waals surface area contributed by atoms with Crippen LogP contribution >= 0.6 is 11.3 Å². The van der Waals surface area contributed by atoms with E-state index in [4.69, 9.17) is 5.14 Å². The number of hydrogen-bond donors (Lipinski definition) is 3. The van der Waals surface area contributed by atoms with Crippen molar-refractivity contribution < 1.29 is 22.5 Å². The van der Waals surface area contributed by atoms with Crippen LogP contribution in [0.15, 0.2) is 54.6 Å².